The van der Waals surface area contributed by atoms with Gasteiger partial charge in [0.15, 0.2) is 0 Å². The predicted molar refractivity (Wildman–Crippen MR) is 210 cm³/mol. The predicted octanol–water partition coefficient (Wildman–Crippen LogP) is 11.2. The Bertz CT molecular complexity index is 2510. The number of aryl methyl sites for hydroxylation is 4. The van der Waals surface area contributed by atoms with Crippen molar-refractivity contribution in [1.29, 1.82) is 0 Å². The SMILES string of the molecule is Cc1ccc(P(c2ccc(C)c(C)c2C)[C]23[CH]4[CH]5[CH]6[C]2(P(c2ccc(C)c(C)c2C)c2ccc(C)c(C)c2C)[Zr]54632789[CH]3[CH]2[CH]7[CH]8[CH]39)c(C)c1C. The zero-order chi connectivity index (χ0) is 34.0. The first kappa shape index (κ1) is 28.2. The fraction of sp³-hybridized carbons (Fsp3) is 0.478. The first-order valence-corrected chi connectivity index (χ1v) is 36.4. The van der Waals surface area contributed by atoms with Crippen molar-refractivity contribution in [1.82, 2.24) is 0 Å². The summed E-state index contributed by atoms with van der Waals surface area (Å²) in [7, 11) is -0.889. The van der Waals surface area contributed by atoms with Crippen LogP contribution < -0.4 is 21.2 Å². The summed E-state index contributed by atoms with van der Waals surface area (Å²) in [6.45, 7) is 29.3. The summed E-state index contributed by atoms with van der Waals surface area (Å²) in [5.74, 6) is 0. The van der Waals surface area contributed by atoms with E-state index in [0.717, 1.165) is 0 Å². The van der Waals surface area contributed by atoms with Gasteiger partial charge in [0.25, 0.3) is 0 Å². The molecule has 10 saturated heterocycles. The number of hydrogen-bond donors (Lipinski definition) is 0. The van der Waals surface area contributed by atoms with Gasteiger partial charge in [-0.05, 0) is 0 Å². The summed E-state index contributed by atoms with van der Waals surface area (Å²) in [5, 5.41) is 7.26. The number of hydrogen-bond acceptors (Lipinski definition) is 0. The molecule has 1 spiro atoms. The Morgan fingerprint density at radius 2 is 0.592 bits per heavy atom. The van der Waals surface area contributed by atoms with Crippen LogP contribution in [0.25, 0.3) is 0 Å². The van der Waals surface area contributed by atoms with Gasteiger partial charge in [0, 0.05) is 0 Å². The van der Waals surface area contributed by atoms with E-state index in [4.69, 9.17) is 0 Å². The normalized spacial score (nSPS) is 50.8. The van der Waals surface area contributed by atoms with E-state index in [0.29, 0.717) is 5.73 Å². The first-order valence-electron chi connectivity index (χ1n) is 20.0. The molecule has 0 amide bonds. The maximum absolute atomic E-state index is 4.79. The molecule has 10 fully saturated rings. The third-order valence-electron chi connectivity index (χ3n) is 30.0. The Balaban J connectivity index is 1.16. The van der Waals surface area contributed by atoms with Crippen molar-refractivity contribution in [3.05, 3.63) is 115 Å². The van der Waals surface area contributed by atoms with Crippen LogP contribution in [0.15, 0.2) is 48.5 Å². The number of benzene rings is 4. The molecule has 10 aliphatic rings. The Morgan fingerprint density at radius 3 is 0.796 bits per heavy atom. The molecule has 250 valence electrons. The van der Waals surface area contributed by atoms with Crippen molar-refractivity contribution in [2.45, 2.75) is 118 Å². The molecule has 0 bridgehead atoms. The molecule has 4 aromatic carbocycles. The van der Waals surface area contributed by atoms with Crippen molar-refractivity contribution in [3.63, 3.8) is 0 Å². The van der Waals surface area contributed by atoms with Crippen LogP contribution in [-0.2, 0) is 11.4 Å². The van der Waals surface area contributed by atoms with E-state index in [1.165, 1.54) is 51.3 Å². The van der Waals surface area contributed by atoms with Gasteiger partial charge < -0.3 is 0 Å². The topological polar surface area (TPSA) is 0 Å². The van der Waals surface area contributed by atoms with Crippen LogP contribution in [0.2, 0.25) is 29.0 Å². The quantitative estimate of drug-likeness (QED) is 0.172. The second-order valence-corrected chi connectivity index (χ2v) is 82.4. The molecular weight excluding hydrogens is 706 g/mol. The van der Waals surface area contributed by atoms with Gasteiger partial charge in [0.1, 0.15) is 0 Å². The Hall–Kier alpha value is -1.38. The maximum atomic E-state index is 2.70. The summed E-state index contributed by atoms with van der Waals surface area (Å²) in [5.41, 5.74) is 18.8. The molecule has 14 rings (SSSR count). The van der Waals surface area contributed by atoms with Crippen LogP contribution in [0.1, 0.15) is 66.8 Å². The van der Waals surface area contributed by atoms with Crippen LogP contribution in [0.5, 0.6) is 0 Å². The first-order chi connectivity index (χ1) is 23.0. The molecule has 49 heavy (non-hydrogen) atoms. The van der Waals surface area contributed by atoms with Crippen molar-refractivity contribution in [3.8, 4) is 0 Å². The zero-order valence-electron chi connectivity index (χ0n) is 31.6. The number of rotatable bonds is 6. The van der Waals surface area contributed by atoms with Crippen molar-refractivity contribution < 1.29 is 11.4 Å². The Morgan fingerprint density at radius 1 is 0.347 bits per heavy atom. The van der Waals surface area contributed by atoms with Gasteiger partial charge in [0.2, 0.25) is 0 Å². The number of fused-ring (bicyclic) bond motifs is 10. The Labute approximate surface area is 279 Å². The summed E-state index contributed by atoms with van der Waals surface area (Å²) < 4.78 is 11.5. The fourth-order valence-electron chi connectivity index (χ4n) is 31.2. The molecule has 4 unspecified atom stereocenters. The second kappa shape index (κ2) is 4.84. The fourth-order valence-corrected chi connectivity index (χ4v) is 312. The molecule has 0 aliphatic carbocycles. The van der Waals surface area contributed by atoms with E-state index >= 15 is 0 Å². The molecule has 0 radical (unpaired) electrons. The van der Waals surface area contributed by atoms with Gasteiger partial charge in [-0.3, -0.25) is 0 Å². The zero-order valence-corrected chi connectivity index (χ0v) is 35.9. The molecular formula is C46H52P2Zr. The van der Waals surface area contributed by atoms with Crippen molar-refractivity contribution in [2.75, 3.05) is 0 Å². The van der Waals surface area contributed by atoms with Crippen LogP contribution in [0.4, 0.5) is 0 Å². The average molecular weight is 758 g/mol. The minimum atomic E-state index is -4.79. The van der Waals surface area contributed by atoms with E-state index in [-0.39, 0.29) is 0 Å². The summed E-state index contributed by atoms with van der Waals surface area (Å²) >= 11 is -4.79. The molecule has 10 heterocycles. The molecule has 4 aromatic rings. The van der Waals surface area contributed by atoms with Crippen LogP contribution in [0.3, 0.4) is 0 Å². The van der Waals surface area contributed by atoms with E-state index in [9.17, 15) is 0 Å². The summed E-state index contributed by atoms with van der Waals surface area (Å²) in [6.07, 6.45) is 0. The van der Waals surface area contributed by atoms with Crippen LogP contribution in [0, 0.1) is 83.1 Å². The van der Waals surface area contributed by atoms with E-state index in [2.05, 4.69) is 132 Å². The van der Waals surface area contributed by atoms with Crippen molar-refractivity contribution >= 4 is 37.1 Å². The average Bonchev–Trinajstić information content (AvgIpc) is 4.03. The van der Waals surface area contributed by atoms with E-state index in [1.54, 1.807) is 44.5 Å². The molecule has 0 N–H and O–H groups in total. The molecule has 3 heteroatoms. The standard InChI is InChI=1S/C41H47P2.C5H5.Zr/c1-24-16-20-36(32(9)28(24)5)42(37-21-17-25(2)29(6)33(37)10)40-14-13-15-41(40)43(38-22-18-26(3)30(7)34(38)11)39-23-19-27(4)31(8)35(39)12;1-2-4-5-3-1;/h13-23H,1-12H3;1-5H;. The Kier molecular flexibility index (Phi) is 2.78. The van der Waals surface area contributed by atoms with Crippen molar-refractivity contribution in [2.24, 2.45) is 0 Å². The molecule has 0 nitrogen and oxygen atoms in total. The van der Waals surface area contributed by atoms with Gasteiger partial charge >= 0.3 is 282 Å². The van der Waals surface area contributed by atoms with Gasteiger partial charge in [-0.25, -0.2) is 0 Å². The molecule has 0 aromatic heterocycles. The molecule has 10 aliphatic heterocycles. The van der Waals surface area contributed by atoms with Crippen LogP contribution in [-0.4, -0.2) is 5.73 Å². The minimum absolute atomic E-state index is 0.445. The van der Waals surface area contributed by atoms with Gasteiger partial charge in [-0.2, -0.15) is 0 Å². The third kappa shape index (κ3) is 0.897. The molecule has 0 saturated carbocycles. The van der Waals surface area contributed by atoms with Gasteiger partial charge in [0.05, 0.1) is 0 Å². The summed E-state index contributed by atoms with van der Waals surface area (Å²) in [6, 6.07) is 21.0. The molecule has 4 atom stereocenters. The van der Waals surface area contributed by atoms with Gasteiger partial charge in [-0.1, -0.05) is 0 Å². The second-order valence-electron chi connectivity index (χ2n) is 24.0. The van der Waals surface area contributed by atoms with E-state index < -0.39 is 27.2 Å². The summed E-state index contributed by atoms with van der Waals surface area (Å²) in [4.78, 5) is 0. The third-order valence-corrected chi connectivity index (χ3v) is 149. The van der Waals surface area contributed by atoms with Gasteiger partial charge in [-0.15, -0.1) is 0 Å². The van der Waals surface area contributed by atoms with Crippen LogP contribution >= 0.6 is 15.8 Å². The van der Waals surface area contributed by atoms with E-state index in [1.807, 2.05) is 21.2 Å². The monoisotopic (exact) mass is 756 g/mol.